The number of fused-ring (bicyclic) bond motifs is 1. The molecule has 0 saturated heterocycles. The van der Waals surface area contributed by atoms with Gasteiger partial charge in [-0.15, -0.1) is 0 Å². The predicted octanol–water partition coefficient (Wildman–Crippen LogP) is 4.48. The Morgan fingerprint density at radius 2 is 1.84 bits per heavy atom. The summed E-state index contributed by atoms with van der Waals surface area (Å²) >= 11 is 0. The van der Waals surface area contributed by atoms with Gasteiger partial charge in [0.15, 0.2) is 0 Å². The summed E-state index contributed by atoms with van der Waals surface area (Å²) in [5.41, 5.74) is 10.2. The van der Waals surface area contributed by atoms with Gasteiger partial charge in [-0.25, -0.2) is 0 Å². The molecule has 38 heavy (non-hydrogen) atoms. The van der Waals surface area contributed by atoms with Crippen LogP contribution in [-0.2, 0) is 24.1 Å². The van der Waals surface area contributed by atoms with E-state index in [0.717, 1.165) is 54.6 Å². The number of benzene rings is 2. The molecule has 1 aromatic heterocycles. The van der Waals surface area contributed by atoms with E-state index in [9.17, 15) is 15.0 Å². The first-order valence-electron chi connectivity index (χ1n) is 13.4. The molecule has 2 aromatic carbocycles. The van der Waals surface area contributed by atoms with Crippen molar-refractivity contribution in [2.75, 3.05) is 13.2 Å². The number of aliphatic hydroxyl groups excluding tert-OH is 2. The Balaban J connectivity index is 1.33. The number of aliphatic hydroxyl groups is 2. The average Bonchev–Trinajstić information content (AvgIpc) is 3.59. The second-order valence-corrected chi connectivity index (χ2v) is 11.0. The summed E-state index contributed by atoms with van der Waals surface area (Å²) in [6, 6.07) is 13.2. The lowest BCUT2D eigenvalue weighted by molar-refractivity contribution is -0.137. The maximum absolute atomic E-state index is 11.5. The number of carbonyl (C=O) groups is 1. The molecule has 1 heterocycles. The average molecular weight is 517 g/mol. The van der Waals surface area contributed by atoms with Crippen molar-refractivity contribution in [2.45, 2.75) is 71.3 Å². The van der Waals surface area contributed by atoms with Crippen LogP contribution in [0, 0.1) is 26.2 Å². The fourth-order valence-corrected chi connectivity index (χ4v) is 6.19. The van der Waals surface area contributed by atoms with Gasteiger partial charge in [-0.1, -0.05) is 36.4 Å². The van der Waals surface area contributed by atoms with Crippen LogP contribution in [-0.4, -0.2) is 50.6 Å². The van der Waals surface area contributed by atoms with Gasteiger partial charge in [0.25, 0.3) is 0 Å². The minimum Gasteiger partial charge on any atom is -0.481 e. The van der Waals surface area contributed by atoms with Crippen LogP contribution in [0.3, 0.4) is 0 Å². The Labute approximate surface area is 223 Å². The largest absolute Gasteiger partial charge is 0.481 e. The molecule has 7 heteroatoms. The number of rotatable bonds is 10. The highest BCUT2D eigenvalue weighted by Gasteiger charge is 2.54. The Morgan fingerprint density at radius 3 is 2.50 bits per heavy atom. The maximum Gasteiger partial charge on any atom is 0.316 e. The van der Waals surface area contributed by atoms with Gasteiger partial charge in [0.1, 0.15) is 12.7 Å². The van der Waals surface area contributed by atoms with Crippen LogP contribution in [0.1, 0.15) is 64.4 Å². The number of nitrogens with zero attached hydrogens (tertiary/aromatic N) is 2. The molecule has 0 radical (unpaired) electrons. The molecule has 0 bridgehead atoms. The van der Waals surface area contributed by atoms with Crippen molar-refractivity contribution in [3.8, 4) is 17.1 Å². The molecule has 5 rings (SSSR count). The fraction of sp³-hybridized carbons (Fsp3) is 0.452. The summed E-state index contributed by atoms with van der Waals surface area (Å²) in [7, 11) is 0. The van der Waals surface area contributed by atoms with Crippen molar-refractivity contribution in [2.24, 2.45) is 5.41 Å². The Hall–Kier alpha value is -3.29. The summed E-state index contributed by atoms with van der Waals surface area (Å²) in [5, 5.41) is 28.0. The summed E-state index contributed by atoms with van der Waals surface area (Å²) in [6.45, 7) is 5.56. The standard InChI is InChI=1S/C31H36N2O5/c1-18-22(5-4-6-25(18)29-19(2)32-30(33-20(29)3)38-17-24(35)16-34)9-7-21-8-10-26-23(13-21)15-31(11-12-31)27(26)14-28(36)37/h4-6,8,10,13,24,27,34-35H,7,9,11-12,14-17H2,1-3H3,(H,36,37)/t24-,27?/m0/s1. The van der Waals surface area contributed by atoms with Gasteiger partial charge in [0.2, 0.25) is 0 Å². The van der Waals surface area contributed by atoms with E-state index in [1.807, 2.05) is 13.8 Å². The smallest absolute Gasteiger partial charge is 0.316 e. The quantitative estimate of drug-likeness (QED) is 0.364. The molecule has 7 nitrogen and oxygen atoms in total. The third-order valence-corrected chi connectivity index (χ3v) is 8.40. The summed E-state index contributed by atoms with van der Waals surface area (Å²) in [4.78, 5) is 20.4. The maximum atomic E-state index is 11.5. The molecule has 1 saturated carbocycles. The van der Waals surface area contributed by atoms with Crippen LogP contribution < -0.4 is 4.74 Å². The zero-order valence-corrected chi connectivity index (χ0v) is 22.3. The number of carboxylic acids is 1. The Morgan fingerprint density at radius 1 is 1.11 bits per heavy atom. The molecule has 1 spiro atoms. The third-order valence-electron chi connectivity index (χ3n) is 8.40. The molecule has 1 fully saturated rings. The number of aryl methyl sites for hydroxylation is 4. The van der Waals surface area contributed by atoms with Crippen LogP contribution in [0.15, 0.2) is 36.4 Å². The monoisotopic (exact) mass is 516 g/mol. The normalized spacial score (nSPS) is 17.9. The first kappa shape index (κ1) is 26.3. The van der Waals surface area contributed by atoms with Crippen molar-refractivity contribution in [1.29, 1.82) is 0 Å². The Kier molecular flexibility index (Phi) is 7.25. The molecule has 0 amide bonds. The lowest BCUT2D eigenvalue weighted by Gasteiger charge is -2.17. The number of hydrogen-bond donors (Lipinski definition) is 3. The van der Waals surface area contributed by atoms with E-state index in [2.05, 4.69) is 53.3 Å². The van der Waals surface area contributed by atoms with Crippen molar-refractivity contribution >= 4 is 5.97 Å². The number of aliphatic carboxylic acids is 1. The SMILES string of the molecule is Cc1nc(OC[C@@H](O)CO)nc(C)c1-c1cccc(CCc2ccc3c(c2)CC2(CC2)C3CC(=O)O)c1C. The molecular weight excluding hydrogens is 480 g/mol. The van der Waals surface area contributed by atoms with E-state index in [4.69, 9.17) is 9.84 Å². The fourth-order valence-electron chi connectivity index (χ4n) is 6.19. The van der Waals surface area contributed by atoms with E-state index in [0.29, 0.717) is 0 Å². The van der Waals surface area contributed by atoms with Gasteiger partial charge >= 0.3 is 12.0 Å². The van der Waals surface area contributed by atoms with E-state index in [-0.39, 0.29) is 37.0 Å². The van der Waals surface area contributed by atoms with Crippen molar-refractivity contribution in [3.05, 3.63) is 75.6 Å². The van der Waals surface area contributed by atoms with E-state index >= 15 is 0 Å². The first-order valence-corrected chi connectivity index (χ1v) is 13.4. The molecule has 0 aliphatic heterocycles. The molecule has 200 valence electrons. The van der Waals surface area contributed by atoms with Gasteiger partial charge in [0, 0.05) is 11.5 Å². The number of hydrogen-bond acceptors (Lipinski definition) is 6. The van der Waals surface area contributed by atoms with Crippen LogP contribution in [0.5, 0.6) is 6.01 Å². The van der Waals surface area contributed by atoms with Crippen LogP contribution >= 0.6 is 0 Å². The second kappa shape index (κ2) is 10.5. The number of ether oxygens (including phenoxy) is 1. The summed E-state index contributed by atoms with van der Waals surface area (Å²) in [6.07, 6.45) is 4.38. The molecular formula is C31H36N2O5. The predicted molar refractivity (Wildman–Crippen MR) is 144 cm³/mol. The molecule has 2 atom stereocenters. The third kappa shape index (κ3) is 5.18. The molecule has 1 unspecified atom stereocenters. The summed E-state index contributed by atoms with van der Waals surface area (Å²) in [5.74, 6) is -0.541. The van der Waals surface area contributed by atoms with Crippen molar-refractivity contribution in [3.63, 3.8) is 0 Å². The molecule has 2 aliphatic carbocycles. The van der Waals surface area contributed by atoms with Crippen LogP contribution in [0.2, 0.25) is 0 Å². The van der Waals surface area contributed by atoms with Gasteiger partial charge in [-0.05, 0) is 91.7 Å². The van der Waals surface area contributed by atoms with Gasteiger partial charge < -0.3 is 20.1 Å². The van der Waals surface area contributed by atoms with Gasteiger partial charge in [0.05, 0.1) is 24.4 Å². The minimum absolute atomic E-state index is 0.0624. The number of carboxylic acid groups (broad SMARTS) is 1. The van der Waals surface area contributed by atoms with Crippen molar-refractivity contribution < 1.29 is 24.9 Å². The van der Waals surface area contributed by atoms with Crippen LogP contribution in [0.4, 0.5) is 0 Å². The molecule has 3 N–H and O–H groups in total. The second-order valence-electron chi connectivity index (χ2n) is 11.0. The lowest BCUT2D eigenvalue weighted by Crippen LogP contribution is -2.22. The highest BCUT2D eigenvalue weighted by molar-refractivity contribution is 5.72. The molecule has 3 aromatic rings. The topological polar surface area (TPSA) is 113 Å². The highest BCUT2D eigenvalue weighted by atomic mass is 16.5. The molecule has 2 aliphatic rings. The van der Waals surface area contributed by atoms with E-state index in [1.54, 1.807) is 0 Å². The Bertz CT molecular complexity index is 1340. The zero-order chi connectivity index (χ0) is 27.0. The van der Waals surface area contributed by atoms with E-state index < -0.39 is 12.1 Å². The first-order chi connectivity index (χ1) is 18.2. The lowest BCUT2D eigenvalue weighted by atomic mass is 9.87. The van der Waals surface area contributed by atoms with Gasteiger partial charge in [-0.2, -0.15) is 9.97 Å². The highest BCUT2D eigenvalue weighted by Crippen LogP contribution is 2.64. The van der Waals surface area contributed by atoms with E-state index in [1.165, 1.54) is 27.8 Å². The zero-order valence-electron chi connectivity index (χ0n) is 22.3. The van der Waals surface area contributed by atoms with Crippen molar-refractivity contribution in [1.82, 2.24) is 9.97 Å². The summed E-state index contributed by atoms with van der Waals surface area (Å²) < 4.78 is 5.47. The van der Waals surface area contributed by atoms with Crippen LogP contribution in [0.25, 0.3) is 11.1 Å². The van der Waals surface area contributed by atoms with Gasteiger partial charge in [-0.3, -0.25) is 4.79 Å². The number of aromatic nitrogens is 2. The minimum atomic E-state index is -0.968.